The Kier molecular flexibility index (Phi) is 4.45. The lowest BCUT2D eigenvalue weighted by Crippen LogP contribution is -2.39. The first-order chi connectivity index (χ1) is 10.9. The molecule has 1 fully saturated rings. The standard InChI is InChI=1S/C19H30N4/c1-14(2)22-11-8-15(9-12-22)13-17-21-16-7-6-10-20-18(16)23(17)19(3,4)5/h6-7,10,14-15H,8-9,11-13H2,1-5H3. The molecule has 0 spiro atoms. The molecule has 0 saturated carbocycles. The van der Waals surface area contributed by atoms with E-state index in [0.29, 0.717) is 6.04 Å². The van der Waals surface area contributed by atoms with Crippen LogP contribution in [0.4, 0.5) is 0 Å². The van der Waals surface area contributed by atoms with Gasteiger partial charge in [-0.15, -0.1) is 0 Å². The van der Waals surface area contributed by atoms with E-state index < -0.39 is 0 Å². The highest BCUT2D eigenvalue weighted by Crippen LogP contribution is 2.28. The Morgan fingerprint density at radius 2 is 1.91 bits per heavy atom. The molecule has 3 heterocycles. The van der Waals surface area contributed by atoms with Crippen LogP contribution in [-0.2, 0) is 12.0 Å². The minimum absolute atomic E-state index is 0.0110. The Hall–Kier alpha value is -1.42. The van der Waals surface area contributed by atoms with Crippen molar-refractivity contribution >= 4 is 11.2 Å². The molecule has 1 aliphatic heterocycles. The van der Waals surface area contributed by atoms with Gasteiger partial charge in [-0.1, -0.05) is 0 Å². The van der Waals surface area contributed by atoms with Gasteiger partial charge in [-0.05, 0) is 78.6 Å². The zero-order valence-electron chi connectivity index (χ0n) is 15.2. The molecule has 1 aliphatic rings. The van der Waals surface area contributed by atoms with E-state index in [0.717, 1.165) is 23.5 Å². The molecule has 2 aromatic heterocycles. The Balaban J connectivity index is 1.83. The number of piperidine rings is 1. The normalized spacial score (nSPS) is 18.2. The summed E-state index contributed by atoms with van der Waals surface area (Å²) < 4.78 is 2.34. The average molecular weight is 314 g/mol. The van der Waals surface area contributed by atoms with Crippen LogP contribution in [0, 0.1) is 5.92 Å². The molecular formula is C19H30N4. The van der Waals surface area contributed by atoms with Crippen molar-refractivity contribution in [2.75, 3.05) is 13.1 Å². The van der Waals surface area contributed by atoms with Crippen LogP contribution in [-0.4, -0.2) is 38.6 Å². The average Bonchev–Trinajstić information content (AvgIpc) is 2.85. The van der Waals surface area contributed by atoms with Crippen LogP contribution >= 0.6 is 0 Å². The lowest BCUT2D eigenvalue weighted by Gasteiger charge is -2.35. The maximum atomic E-state index is 4.91. The quantitative estimate of drug-likeness (QED) is 0.863. The Labute approximate surface area is 139 Å². The van der Waals surface area contributed by atoms with Gasteiger partial charge >= 0.3 is 0 Å². The first kappa shape index (κ1) is 16.4. The zero-order valence-corrected chi connectivity index (χ0v) is 15.2. The molecule has 0 radical (unpaired) electrons. The van der Waals surface area contributed by atoms with Crippen LogP contribution < -0.4 is 0 Å². The fourth-order valence-electron chi connectivity index (χ4n) is 3.73. The number of imidazole rings is 1. The number of likely N-dealkylation sites (tertiary alicyclic amines) is 1. The van der Waals surface area contributed by atoms with Crippen molar-refractivity contribution in [1.29, 1.82) is 0 Å². The number of pyridine rings is 1. The second-order valence-electron chi connectivity index (χ2n) is 8.16. The molecule has 23 heavy (non-hydrogen) atoms. The van der Waals surface area contributed by atoms with Gasteiger partial charge in [0.15, 0.2) is 5.65 Å². The van der Waals surface area contributed by atoms with Crippen LogP contribution in [0.15, 0.2) is 18.3 Å². The van der Waals surface area contributed by atoms with Gasteiger partial charge in [0.2, 0.25) is 0 Å². The Bertz CT molecular complexity index is 658. The molecule has 1 saturated heterocycles. The summed E-state index contributed by atoms with van der Waals surface area (Å²) in [5.41, 5.74) is 2.06. The van der Waals surface area contributed by atoms with Crippen molar-refractivity contribution in [2.24, 2.45) is 5.92 Å². The van der Waals surface area contributed by atoms with Crippen LogP contribution in [0.5, 0.6) is 0 Å². The largest absolute Gasteiger partial charge is 0.307 e. The molecule has 126 valence electrons. The highest BCUT2D eigenvalue weighted by molar-refractivity contribution is 5.71. The minimum Gasteiger partial charge on any atom is -0.307 e. The third-order valence-electron chi connectivity index (χ3n) is 5.01. The van der Waals surface area contributed by atoms with Crippen molar-refractivity contribution in [3.05, 3.63) is 24.2 Å². The molecule has 4 nitrogen and oxygen atoms in total. The maximum Gasteiger partial charge on any atom is 0.160 e. The summed E-state index contributed by atoms with van der Waals surface area (Å²) in [7, 11) is 0. The highest BCUT2D eigenvalue weighted by Gasteiger charge is 2.26. The summed E-state index contributed by atoms with van der Waals surface area (Å²) in [4.78, 5) is 12.1. The van der Waals surface area contributed by atoms with E-state index in [1.54, 1.807) is 0 Å². The van der Waals surface area contributed by atoms with Crippen LogP contribution in [0.3, 0.4) is 0 Å². The fourth-order valence-corrected chi connectivity index (χ4v) is 3.73. The molecule has 2 aromatic rings. The number of hydrogen-bond donors (Lipinski definition) is 0. The minimum atomic E-state index is 0.0110. The van der Waals surface area contributed by atoms with E-state index in [1.165, 1.54) is 31.8 Å². The molecule has 4 heteroatoms. The monoisotopic (exact) mass is 314 g/mol. The zero-order chi connectivity index (χ0) is 16.6. The van der Waals surface area contributed by atoms with Gasteiger partial charge < -0.3 is 9.47 Å². The van der Waals surface area contributed by atoms with Crippen LogP contribution in [0.1, 0.15) is 53.3 Å². The van der Waals surface area contributed by atoms with E-state index in [-0.39, 0.29) is 5.54 Å². The van der Waals surface area contributed by atoms with Gasteiger partial charge in [0.05, 0.1) is 0 Å². The molecule has 0 atom stereocenters. The van der Waals surface area contributed by atoms with Crippen molar-refractivity contribution in [2.45, 2.75) is 65.5 Å². The van der Waals surface area contributed by atoms with E-state index in [1.807, 2.05) is 12.3 Å². The number of hydrogen-bond acceptors (Lipinski definition) is 3. The van der Waals surface area contributed by atoms with Gasteiger partial charge in [0, 0.05) is 24.2 Å². The number of rotatable bonds is 3. The first-order valence-corrected chi connectivity index (χ1v) is 8.93. The summed E-state index contributed by atoms with van der Waals surface area (Å²) in [6.07, 6.45) is 5.49. The summed E-state index contributed by atoms with van der Waals surface area (Å²) in [6, 6.07) is 4.72. The van der Waals surface area contributed by atoms with Crippen molar-refractivity contribution < 1.29 is 0 Å². The molecule has 0 aromatic carbocycles. The summed E-state index contributed by atoms with van der Waals surface area (Å²) >= 11 is 0. The first-order valence-electron chi connectivity index (χ1n) is 8.93. The SMILES string of the molecule is CC(C)N1CCC(Cc2nc3cccnc3n2C(C)(C)C)CC1. The summed E-state index contributed by atoms with van der Waals surface area (Å²) in [5.74, 6) is 1.94. The molecule has 0 aliphatic carbocycles. The Morgan fingerprint density at radius 1 is 1.22 bits per heavy atom. The lowest BCUT2D eigenvalue weighted by molar-refractivity contribution is 0.147. The highest BCUT2D eigenvalue weighted by atomic mass is 15.2. The van der Waals surface area contributed by atoms with Gasteiger partial charge in [-0.3, -0.25) is 0 Å². The predicted octanol–water partition coefficient (Wildman–Crippen LogP) is 3.85. The van der Waals surface area contributed by atoms with E-state index in [2.05, 4.69) is 55.1 Å². The van der Waals surface area contributed by atoms with E-state index in [4.69, 9.17) is 4.98 Å². The van der Waals surface area contributed by atoms with Gasteiger partial charge in [0.1, 0.15) is 11.3 Å². The maximum absolute atomic E-state index is 4.91. The number of fused-ring (bicyclic) bond motifs is 1. The second kappa shape index (κ2) is 6.23. The molecule has 0 bridgehead atoms. The van der Waals surface area contributed by atoms with Gasteiger partial charge in [-0.25, -0.2) is 9.97 Å². The number of aromatic nitrogens is 3. The second-order valence-corrected chi connectivity index (χ2v) is 8.16. The number of nitrogens with zero attached hydrogens (tertiary/aromatic N) is 4. The lowest BCUT2D eigenvalue weighted by atomic mass is 9.92. The molecule has 0 N–H and O–H groups in total. The molecule has 0 unspecified atom stereocenters. The van der Waals surface area contributed by atoms with Crippen molar-refractivity contribution in [3.8, 4) is 0 Å². The van der Waals surface area contributed by atoms with Crippen LogP contribution in [0.2, 0.25) is 0 Å². The predicted molar refractivity (Wildman–Crippen MR) is 95.7 cm³/mol. The summed E-state index contributed by atoms with van der Waals surface area (Å²) in [6.45, 7) is 13.8. The van der Waals surface area contributed by atoms with Crippen molar-refractivity contribution in [1.82, 2.24) is 19.4 Å². The topological polar surface area (TPSA) is 34.0 Å². The smallest absolute Gasteiger partial charge is 0.160 e. The third-order valence-corrected chi connectivity index (χ3v) is 5.01. The fraction of sp³-hybridized carbons (Fsp3) is 0.684. The molecule has 3 rings (SSSR count). The Morgan fingerprint density at radius 3 is 2.52 bits per heavy atom. The van der Waals surface area contributed by atoms with E-state index in [9.17, 15) is 0 Å². The van der Waals surface area contributed by atoms with Crippen molar-refractivity contribution in [3.63, 3.8) is 0 Å². The van der Waals surface area contributed by atoms with Crippen LogP contribution in [0.25, 0.3) is 11.2 Å². The third kappa shape index (κ3) is 3.42. The van der Waals surface area contributed by atoms with Gasteiger partial charge in [0.25, 0.3) is 0 Å². The molecule has 0 amide bonds. The summed E-state index contributed by atoms with van der Waals surface area (Å²) in [5, 5.41) is 0. The molecular weight excluding hydrogens is 284 g/mol. The van der Waals surface area contributed by atoms with Gasteiger partial charge in [-0.2, -0.15) is 0 Å². The van der Waals surface area contributed by atoms with E-state index >= 15 is 0 Å².